The summed E-state index contributed by atoms with van der Waals surface area (Å²) in [7, 11) is 2.05. The maximum Gasteiger partial charge on any atom is 0.270 e. The van der Waals surface area contributed by atoms with E-state index >= 15 is 0 Å². The molecular weight excluding hydrogens is 354 g/mol. The number of carbonyl (C=O) groups excluding carboxylic acids is 2. The Morgan fingerprint density at radius 1 is 1.07 bits per heavy atom. The molecule has 0 atom stereocenters. The molecule has 1 aliphatic rings. The van der Waals surface area contributed by atoms with Gasteiger partial charge in [-0.05, 0) is 69.3 Å². The van der Waals surface area contributed by atoms with Gasteiger partial charge in [-0.25, -0.2) is 0 Å². The van der Waals surface area contributed by atoms with Crippen molar-refractivity contribution in [1.29, 1.82) is 0 Å². The molecule has 0 saturated carbocycles. The number of aryl methyl sites for hydroxylation is 2. The standard InChI is InChI=1S/C22H27N3O3/c1-16-7-8-18(14-17(16)2)21(26)23-20(15-19-6-4-13-28-19)22(27)25-10-5-9-24(3)11-12-25/h4,6-8,13-15H,5,9-12H2,1-3H3,(H,23,26)/b20-15-. The Bertz CT molecular complexity index is 871. The molecule has 0 bridgehead atoms. The summed E-state index contributed by atoms with van der Waals surface area (Å²) < 4.78 is 5.36. The molecule has 2 amide bonds. The Hall–Kier alpha value is -2.86. The lowest BCUT2D eigenvalue weighted by atomic mass is 10.1. The highest BCUT2D eigenvalue weighted by Gasteiger charge is 2.23. The molecule has 1 aromatic carbocycles. The quantitative estimate of drug-likeness (QED) is 0.827. The van der Waals surface area contributed by atoms with Crippen molar-refractivity contribution in [2.45, 2.75) is 20.3 Å². The average molecular weight is 381 g/mol. The van der Waals surface area contributed by atoms with E-state index in [0.29, 0.717) is 24.4 Å². The molecule has 2 aromatic rings. The van der Waals surface area contributed by atoms with E-state index < -0.39 is 0 Å². The van der Waals surface area contributed by atoms with Crippen LogP contribution in [0.5, 0.6) is 0 Å². The molecule has 6 nitrogen and oxygen atoms in total. The minimum absolute atomic E-state index is 0.191. The topological polar surface area (TPSA) is 65.8 Å². The summed E-state index contributed by atoms with van der Waals surface area (Å²) in [6.07, 6.45) is 4.04. The fourth-order valence-electron chi connectivity index (χ4n) is 3.16. The van der Waals surface area contributed by atoms with Gasteiger partial charge in [-0.2, -0.15) is 0 Å². The van der Waals surface area contributed by atoms with Crippen molar-refractivity contribution in [2.75, 3.05) is 33.2 Å². The molecule has 28 heavy (non-hydrogen) atoms. The van der Waals surface area contributed by atoms with E-state index in [1.165, 1.54) is 0 Å². The lowest BCUT2D eigenvalue weighted by Gasteiger charge is -2.22. The second kappa shape index (κ2) is 8.89. The number of furan rings is 1. The van der Waals surface area contributed by atoms with Crippen molar-refractivity contribution in [3.63, 3.8) is 0 Å². The zero-order valence-corrected chi connectivity index (χ0v) is 16.7. The molecule has 0 aliphatic carbocycles. The molecule has 1 fully saturated rings. The van der Waals surface area contributed by atoms with E-state index in [4.69, 9.17) is 4.42 Å². The average Bonchev–Trinajstić information content (AvgIpc) is 3.09. The van der Waals surface area contributed by atoms with Gasteiger partial charge < -0.3 is 19.5 Å². The van der Waals surface area contributed by atoms with Crippen molar-refractivity contribution in [1.82, 2.24) is 15.1 Å². The van der Waals surface area contributed by atoms with Crippen LogP contribution in [0.1, 0.15) is 33.7 Å². The fourth-order valence-corrected chi connectivity index (χ4v) is 3.16. The van der Waals surface area contributed by atoms with Crippen LogP contribution >= 0.6 is 0 Å². The van der Waals surface area contributed by atoms with Gasteiger partial charge in [0, 0.05) is 31.3 Å². The summed E-state index contributed by atoms with van der Waals surface area (Å²) in [5.41, 5.74) is 2.90. The monoisotopic (exact) mass is 381 g/mol. The maximum atomic E-state index is 13.2. The van der Waals surface area contributed by atoms with E-state index in [1.54, 1.807) is 35.4 Å². The van der Waals surface area contributed by atoms with Crippen LogP contribution in [0.3, 0.4) is 0 Å². The normalized spacial score (nSPS) is 16.0. The van der Waals surface area contributed by atoms with Gasteiger partial charge in [0.15, 0.2) is 0 Å². The van der Waals surface area contributed by atoms with Crippen LogP contribution in [0.2, 0.25) is 0 Å². The van der Waals surface area contributed by atoms with Gasteiger partial charge >= 0.3 is 0 Å². The maximum absolute atomic E-state index is 13.2. The lowest BCUT2D eigenvalue weighted by molar-refractivity contribution is -0.127. The van der Waals surface area contributed by atoms with Crippen LogP contribution in [0.15, 0.2) is 46.7 Å². The van der Waals surface area contributed by atoms with Crippen LogP contribution in [-0.2, 0) is 4.79 Å². The number of amides is 2. The molecule has 0 radical (unpaired) electrons. The second-order valence-electron chi connectivity index (χ2n) is 7.28. The summed E-state index contributed by atoms with van der Waals surface area (Å²) in [6, 6.07) is 9.02. The van der Waals surface area contributed by atoms with E-state index in [9.17, 15) is 9.59 Å². The molecule has 0 spiro atoms. The number of hydrogen-bond acceptors (Lipinski definition) is 4. The van der Waals surface area contributed by atoms with Gasteiger partial charge in [-0.15, -0.1) is 0 Å². The molecule has 148 valence electrons. The summed E-state index contributed by atoms with van der Waals surface area (Å²) >= 11 is 0. The third-order valence-electron chi connectivity index (χ3n) is 5.08. The summed E-state index contributed by atoms with van der Waals surface area (Å²) in [6.45, 7) is 7.02. The zero-order valence-electron chi connectivity index (χ0n) is 16.7. The van der Waals surface area contributed by atoms with Gasteiger partial charge in [0.25, 0.3) is 11.8 Å². The molecule has 1 N–H and O–H groups in total. The van der Waals surface area contributed by atoms with Crippen molar-refractivity contribution in [3.8, 4) is 0 Å². The van der Waals surface area contributed by atoms with Crippen LogP contribution in [0.25, 0.3) is 6.08 Å². The first-order chi connectivity index (χ1) is 13.4. The van der Waals surface area contributed by atoms with Crippen molar-refractivity contribution in [3.05, 3.63) is 64.7 Å². The predicted molar refractivity (Wildman–Crippen MR) is 109 cm³/mol. The predicted octanol–water partition coefficient (Wildman–Crippen LogP) is 2.83. The fraction of sp³-hybridized carbons (Fsp3) is 0.364. The Morgan fingerprint density at radius 3 is 2.61 bits per heavy atom. The lowest BCUT2D eigenvalue weighted by Crippen LogP contribution is -2.40. The molecule has 6 heteroatoms. The van der Waals surface area contributed by atoms with E-state index in [2.05, 4.69) is 17.3 Å². The first-order valence-corrected chi connectivity index (χ1v) is 9.55. The highest BCUT2D eigenvalue weighted by Crippen LogP contribution is 2.14. The van der Waals surface area contributed by atoms with Crippen molar-refractivity contribution in [2.24, 2.45) is 0 Å². The summed E-state index contributed by atoms with van der Waals surface area (Å²) in [5.74, 6) is 0.0285. The van der Waals surface area contributed by atoms with Gasteiger partial charge in [-0.3, -0.25) is 9.59 Å². The number of hydrogen-bond donors (Lipinski definition) is 1. The van der Waals surface area contributed by atoms with E-state index in [0.717, 1.165) is 30.6 Å². The Morgan fingerprint density at radius 2 is 1.89 bits per heavy atom. The Labute approximate surface area is 165 Å². The Balaban J connectivity index is 1.83. The minimum Gasteiger partial charge on any atom is -0.465 e. The van der Waals surface area contributed by atoms with Gasteiger partial charge in [0.1, 0.15) is 11.5 Å². The highest BCUT2D eigenvalue weighted by molar-refractivity contribution is 6.05. The van der Waals surface area contributed by atoms with Crippen LogP contribution in [0, 0.1) is 13.8 Å². The molecule has 3 rings (SSSR count). The van der Waals surface area contributed by atoms with Crippen molar-refractivity contribution < 1.29 is 14.0 Å². The molecule has 2 heterocycles. The largest absolute Gasteiger partial charge is 0.465 e. The number of benzene rings is 1. The van der Waals surface area contributed by atoms with Gasteiger partial charge in [0.05, 0.1) is 6.26 Å². The van der Waals surface area contributed by atoms with E-state index in [-0.39, 0.29) is 17.5 Å². The van der Waals surface area contributed by atoms with Gasteiger partial charge in [-0.1, -0.05) is 6.07 Å². The number of rotatable bonds is 4. The van der Waals surface area contributed by atoms with Crippen LogP contribution in [0.4, 0.5) is 0 Å². The van der Waals surface area contributed by atoms with Crippen LogP contribution in [-0.4, -0.2) is 54.8 Å². The van der Waals surface area contributed by atoms with Crippen molar-refractivity contribution >= 4 is 17.9 Å². The number of nitrogens with zero attached hydrogens (tertiary/aromatic N) is 2. The molecule has 1 saturated heterocycles. The smallest absolute Gasteiger partial charge is 0.270 e. The second-order valence-corrected chi connectivity index (χ2v) is 7.28. The summed E-state index contributed by atoms with van der Waals surface area (Å²) in [4.78, 5) is 29.9. The number of carbonyl (C=O) groups is 2. The SMILES string of the molecule is Cc1ccc(C(=O)N/C(=C\c2ccco2)C(=O)N2CCCN(C)CC2)cc1C. The number of likely N-dealkylation sites (N-methyl/N-ethyl adjacent to an activating group) is 1. The zero-order chi connectivity index (χ0) is 20.1. The molecular formula is C22H27N3O3. The molecule has 1 aliphatic heterocycles. The van der Waals surface area contributed by atoms with Gasteiger partial charge in [0.2, 0.25) is 0 Å². The number of nitrogens with one attached hydrogen (secondary N) is 1. The summed E-state index contributed by atoms with van der Waals surface area (Å²) in [5, 5.41) is 2.80. The van der Waals surface area contributed by atoms with Crippen LogP contribution < -0.4 is 5.32 Å². The highest BCUT2D eigenvalue weighted by atomic mass is 16.3. The minimum atomic E-state index is -0.304. The first kappa shape index (κ1) is 19.9. The molecule has 1 aromatic heterocycles. The third kappa shape index (κ3) is 4.89. The Kier molecular flexibility index (Phi) is 6.31. The third-order valence-corrected chi connectivity index (χ3v) is 5.08. The molecule has 0 unspecified atom stereocenters. The first-order valence-electron chi connectivity index (χ1n) is 9.55. The van der Waals surface area contributed by atoms with E-state index in [1.807, 2.05) is 26.0 Å².